The van der Waals surface area contributed by atoms with E-state index in [4.69, 9.17) is 0 Å². The van der Waals surface area contributed by atoms with E-state index in [2.05, 4.69) is 18.3 Å². The van der Waals surface area contributed by atoms with Crippen molar-refractivity contribution in [3.05, 3.63) is 12.7 Å². The summed E-state index contributed by atoms with van der Waals surface area (Å²) in [5, 5.41) is 0. The van der Waals surface area contributed by atoms with Gasteiger partial charge in [-0.1, -0.05) is 6.58 Å². The number of ketones is 1. The van der Waals surface area contributed by atoms with Crippen LogP contribution in [0.2, 0.25) is 0 Å². The monoisotopic (exact) mass is 97.1 g/mol. The molecule has 0 rings (SSSR count). The Bertz CT molecular complexity index is 96.3. The van der Waals surface area contributed by atoms with Crippen molar-refractivity contribution in [1.29, 1.82) is 0 Å². The number of nitrogens with zero attached hydrogens (tertiary/aromatic N) is 1. The van der Waals surface area contributed by atoms with E-state index in [0.717, 1.165) is 0 Å². The van der Waals surface area contributed by atoms with Crippen LogP contribution in [0.15, 0.2) is 17.6 Å². The second-order valence-electron chi connectivity index (χ2n) is 1.05. The summed E-state index contributed by atoms with van der Waals surface area (Å²) < 4.78 is 0. The zero-order valence-corrected chi connectivity index (χ0v) is 4.05. The highest BCUT2D eigenvalue weighted by atomic mass is 16.1. The fraction of sp³-hybridized carbons (Fsp3) is 0.200. The second kappa shape index (κ2) is 3.28. The molecule has 0 N–H and O–H groups in total. The summed E-state index contributed by atoms with van der Waals surface area (Å²) in [6, 6.07) is 0. The summed E-state index contributed by atoms with van der Waals surface area (Å²) in [7, 11) is 0. The predicted octanol–water partition coefficient (Wildman–Crippen LogP) is 0.442. The van der Waals surface area contributed by atoms with E-state index < -0.39 is 0 Å². The standard InChI is InChI=1S/C5H7NO/c1-3-5(7)4-6-2/h3H,1-2,4H2. The minimum Gasteiger partial charge on any atom is -0.293 e. The summed E-state index contributed by atoms with van der Waals surface area (Å²) in [6.07, 6.45) is 1.23. The fourth-order valence-electron chi connectivity index (χ4n) is 0.175. The molecule has 2 heteroatoms. The van der Waals surface area contributed by atoms with Gasteiger partial charge in [-0.05, 0) is 12.8 Å². The lowest BCUT2D eigenvalue weighted by molar-refractivity contribution is -0.113. The van der Waals surface area contributed by atoms with Crippen LogP contribution >= 0.6 is 0 Å². The maximum atomic E-state index is 10.2. The molecule has 0 bridgehead atoms. The molecule has 0 aromatic heterocycles. The molecule has 0 atom stereocenters. The lowest BCUT2D eigenvalue weighted by atomic mass is 10.4. The highest BCUT2D eigenvalue weighted by Crippen LogP contribution is 1.71. The van der Waals surface area contributed by atoms with Crippen LogP contribution in [-0.2, 0) is 4.79 Å². The van der Waals surface area contributed by atoms with E-state index in [1.807, 2.05) is 0 Å². The Labute approximate surface area is 42.6 Å². The Morgan fingerprint density at radius 2 is 2.43 bits per heavy atom. The van der Waals surface area contributed by atoms with Crippen LogP contribution in [0.5, 0.6) is 0 Å². The third-order valence-corrected chi connectivity index (χ3v) is 0.495. The summed E-state index contributed by atoms with van der Waals surface area (Å²) in [6.45, 7) is 6.53. The first-order valence-corrected chi connectivity index (χ1v) is 1.89. The number of carbonyl (C=O) groups excluding carboxylic acids is 1. The molecule has 0 amide bonds. The minimum absolute atomic E-state index is 0.0880. The predicted molar refractivity (Wildman–Crippen MR) is 29.6 cm³/mol. The van der Waals surface area contributed by atoms with Crippen LogP contribution in [-0.4, -0.2) is 19.0 Å². The van der Waals surface area contributed by atoms with Crippen LogP contribution in [0.25, 0.3) is 0 Å². The summed E-state index contributed by atoms with van der Waals surface area (Å²) in [4.78, 5) is 13.5. The average molecular weight is 97.1 g/mol. The van der Waals surface area contributed by atoms with Gasteiger partial charge in [-0.25, -0.2) is 0 Å². The van der Waals surface area contributed by atoms with Gasteiger partial charge in [0.1, 0.15) is 6.54 Å². The highest BCUT2D eigenvalue weighted by Gasteiger charge is 1.85. The summed E-state index contributed by atoms with van der Waals surface area (Å²) in [5.41, 5.74) is 0. The minimum atomic E-state index is -0.0880. The van der Waals surface area contributed by atoms with Crippen LogP contribution in [0.3, 0.4) is 0 Å². The molecule has 0 aliphatic rings. The van der Waals surface area contributed by atoms with Crippen molar-refractivity contribution < 1.29 is 4.79 Å². The average Bonchev–Trinajstić information content (AvgIpc) is 1.68. The first kappa shape index (κ1) is 6.08. The Balaban J connectivity index is 3.36. The molecule has 0 unspecified atom stereocenters. The topological polar surface area (TPSA) is 29.4 Å². The van der Waals surface area contributed by atoms with E-state index in [1.54, 1.807) is 0 Å². The smallest absolute Gasteiger partial charge is 0.176 e. The molecule has 7 heavy (non-hydrogen) atoms. The zero-order valence-electron chi connectivity index (χ0n) is 4.05. The molecule has 0 saturated carbocycles. The molecule has 0 heterocycles. The Kier molecular flexibility index (Phi) is 2.85. The third kappa shape index (κ3) is 2.89. The van der Waals surface area contributed by atoms with Gasteiger partial charge in [-0.15, -0.1) is 0 Å². The van der Waals surface area contributed by atoms with Crippen molar-refractivity contribution in [2.45, 2.75) is 0 Å². The van der Waals surface area contributed by atoms with Gasteiger partial charge in [-0.2, -0.15) is 0 Å². The van der Waals surface area contributed by atoms with Crippen molar-refractivity contribution >= 4 is 12.5 Å². The molecule has 0 spiro atoms. The number of hydrogen-bond donors (Lipinski definition) is 0. The first-order valence-electron chi connectivity index (χ1n) is 1.89. The lowest BCUT2D eigenvalue weighted by Crippen LogP contribution is -1.94. The summed E-state index contributed by atoms with van der Waals surface area (Å²) in [5.74, 6) is -0.0880. The Morgan fingerprint density at radius 1 is 1.86 bits per heavy atom. The van der Waals surface area contributed by atoms with Gasteiger partial charge in [0.15, 0.2) is 5.78 Å². The molecule has 2 nitrogen and oxygen atoms in total. The molecule has 0 saturated heterocycles. The lowest BCUT2D eigenvalue weighted by Gasteiger charge is -1.78. The maximum absolute atomic E-state index is 10.2. The van der Waals surface area contributed by atoms with E-state index in [0.29, 0.717) is 0 Å². The molecule has 0 aliphatic carbocycles. The van der Waals surface area contributed by atoms with Crippen molar-refractivity contribution in [1.82, 2.24) is 0 Å². The van der Waals surface area contributed by atoms with Gasteiger partial charge in [0.2, 0.25) is 0 Å². The van der Waals surface area contributed by atoms with E-state index in [9.17, 15) is 4.79 Å². The van der Waals surface area contributed by atoms with Gasteiger partial charge >= 0.3 is 0 Å². The van der Waals surface area contributed by atoms with Crippen molar-refractivity contribution in [2.75, 3.05) is 6.54 Å². The van der Waals surface area contributed by atoms with Gasteiger partial charge < -0.3 is 0 Å². The number of rotatable bonds is 3. The number of carbonyl (C=O) groups is 1. The molecule has 0 fully saturated rings. The number of aliphatic imine (C=N–C) groups is 1. The van der Waals surface area contributed by atoms with Crippen molar-refractivity contribution in [3.8, 4) is 0 Å². The fourth-order valence-corrected chi connectivity index (χ4v) is 0.175. The molecule has 0 radical (unpaired) electrons. The van der Waals surface area contributed by atoms with Gasteiger partial charge in [0, 0.05) is 0 Å². The van der Waals surface area contributed by atoms with Gasteiger partial charge in [-0.3, -0.25) is 9.79 Å². The molecule has 0 aromatic carbocycles. The van der Waals surface area contributed by atoms with Crippen LogP contribution in [0.1, 0.15) is 0 Å². The number of hydrogen-bond acceptors (Lipinski definition) is 2. The van der Waals surface area contributed by atoms with Crippen molar-refractivity contribution in [2.24, 2.45) is 4.99 Å². The normalized spacial score (nSPS) is 7.43. The Morgan fingerprint density at radius 3 is 2.57 bits per heavy atom. The maximum Gasteiger partial charge on any atom is 0.176 e. The second-order valence-corrected chi connectivity index (χ2v) is 1.05. The van der Waals surface area contributed by atoms with Gasteiger partial charge in [0.05, 0.1) is 0 Å². The van der Waals surface area contributed by atoms with E-state index in [-0.39, 0.29) is 12.3 Å². The SMILES string of the molecule is C=CC(=O)CN=C. The van der Waals surface area contributed by atoms with Crippen molar-refractivity contribution in [3.63, 3.8) is 0 Å². The largest absolute Gasteiger partial charge is 0.293 e. The van der Waals surface area contributed by atoms with Crippen LogP contribution < -0.4 is 0 Å². The zero-order chi connectivity index (χ0) is 5.70. The van der Waals surface area contributed by atoms with E-state index in [1.165, 1.54) is 6.08 Å². The quantitative estimate of drug-likeness (QED) is 0.371. The molecule has 38 valence electrons. The van der Waals surface area contributed by atoms with Gasteiger partial charge in [0.25, 0.3) is 0 Å². The highest BCUT2D eigenvalue weighted by molar-refractivity contribution is 5.91. The van der Waals surface area contributed by atoms with E-state index >= 15 is 0 Å². The molecular weight excluding hydrogens is 90.1 g/mol. The molecule has 0 aromatic rings. The summed E-state index contributed by atoms with van der Waals surface area (Å²) >= 11 is 0. The Hall–Kier alpha value is -0.920. The van der Waals surface area contributed by atoms with Crippen LogP contribution in [0.4, 0.5) is 0 Å². The first-order chi connectivity index (χ1) is 3.31. The van der Waals surface area contributed by atoms with Crippen LogP contribution in [0, 0.1) is 0 Å². The molecule has 0 aliphatic heterocycles. The third-order valence-electron chi connectivity index (χ3n) is 0.495. The molecular formula is C5H7NO.